The van der Waals surface area contributed by atoms with Gasteiger partial charge in [-0.15, -0.1) is 0 Å². The number of amides is 3. The van der Waals surface area contributed by atoms with Gasteiger partial charge in [0.05, 0.1) is 6.54 Å². The summed E-state index contributed by atoms with van der Waals surface area (Å²) >= 11 is 0. The van der Waals surface area contributed by atoms with E-state index in [9.17, 15) is 14.4 Å². The van der Waals surface area contributed by atoms with Crippen LogP contribution in [0.4, 0.5) is 4.79 Å². The molecule has 2 rings (SSSR count). The molecule has 0 saturated carbocycles. The summed E-state index contributed by atoms with van der Waals surface area (Å²) in [4.78, 5) is 38.9. The Morgan fingerprint density at radius 2 is 2.37 bits per heavy atom. The van der Waals surface area contributed by atoms with Crippen molar-refractivity contribution in [2.24, 2.45) is 0 Å². The van der Waals surface area contributed by atoms with Crippen LogP contribution < -0.4 is 10.6 Å². The minimum atomic E-state index is -1.17. The lowest BCUT2D eigenvalue weighted by molar-refractivity contribution is -0.144. The number of aliphatic carboxylic acids is 1. The number of carbonyl (C=O) groups excluding carboxylic acids is 2. The molecule has 1 aliphatic rings. The molecule has 1 aromatic heterocycles. The fourth-order valence-electron chi connectivity index (χ4n) is 1.65. The van der Waals surface area contributed by atoms with Gasteiger partial charge in [0.1, 0.15) is 24.7 Å². The van der Waals surface area contributed by atoms with Crippen molar-refractivity contribution in [1.82, 2.24) is 30.7 Å². The zero-order chi connectivity index (χ0) is 13.8. The first-order chi connectivity index (χ1) is 9.08. The number of carboxylic acids is 1. The summed E-state index contributed by atoms with van der Waals surface area (Å²) in [7, 11) is 0. The molecule has 102 valence electrons. The molecule has 3 amide bonds. The predicted octanol–water partition coefficient (Wildman–Crippen LogP) is -2.10. The standard InChI is InChI=1S/C9H12N6O4/c16-7-3-15(5(1-10-7)8(17)18)9(19)11-2-6-12-4-13-14-6/h4-5H,1-3H2,(H,10,16)(H,11,19)(H,17,18)(H,12,13,14). The minimum Gasteiger partial charge on any atom is -0.480 e. The average molecular weight is 268 g/mol. The summed E-state index contributed by atoms with van der Waals surface area (Å²) in [5.41, 5.74) is 0. The van der Waals surface area contributed by atoms with Crippen LogP contribution in [0.2, 0.25) is 0 Å². The van der Waals surface area contributed by atoms with Crippen molar-refractivity contribution in [3.05, 3.63) is 12.2 Å². The SMILES string of the molecule is O=C1CN(C(=O)NCc2ncn[nH]2)C(C(=O)O)CN1. The fourth-order valence-corrected chi connectivity index (χ4v) is 1.65. The first-order valence-corrected chi connectivity index (χ1v) is 5.46. The van der Waals surface area contributed by atoms with Gasteiger partial charge in [-0.2, -0.15) is 5.10 Å². The predicted molar refractivity (Wildman–Crippen MR) is 59.8 cm³/mol. The first kappa shape index (κ1) is 12.8. The Bertz CT molecular complexity index is 487. The molecule has 1 fully saturated rings. The number of carboxylic acid groups (broad SMARTS) is 1. The van der Waals surface area contributed by atoms with Gasteiger partial charge in [0.15, 0.2) is 0 Å². The topological polar surface area (TPSA) is 140 Å². The molecule has 1 aromatic rings. The average Bonchev–Trinajstić information content (AvgIpc) is 2.88. The maximum absolute atomic E-state index is 11.9. The van der Waals surface area contributed by atoms with Gasteiger partial charge in [0, 0.05) is 6.54 Å². The van der Waals surface area contributed by atoms with E-state index in [4.69, 9.17) is 5.11 Å². The van der Waals surface area contributed by atoms with Crippen LogP contribution in [0.5, 0.6) is 0 Å². The van der Waals surface area contributed by atoms with E-state index in [1.165, 1.54) is 6.33 Å². The second-order valence-corrected chi connectivity index (χ2v) is 3.88. The monoisotopic (exact) mass is 268 g/mol. The van der Waals surface area contributed by atoms with Gasteiger partial charge in [-0.1, -0.05) is 0 Å². The van der Waals surface area contributed by atoms with Gasteiger partial charge in [-0.25, -0.2) is 14.6 Å². The molecule has 1 saturated heterocycles. The summed E-state index contributed by atoms with van der Waals surface area (Å²) < 4.78 is 0. The highest BCUT2D eigenvalue weighted by molar-refractivity contribution is 5.90. The molecular formula is C9H12N6O4. The normalized spacial score (nSPS) is 18.8. The molecule has 2 heterocycles. The van der Waals surface area contributed by atoms with Crippen molar-refractivity contribution in [2.75, 3.05) is 13.1 Å². The molecule has 4 N–H and O–H groups in total. The van der Waals surface area contributed by atoms with Crippen LogP contribution in [0.15, 0.2) is 6.33 Å². The Hall–Kier alpha value is -2.65. The molecule has 19 heavy (non-hydrogen) atoms. The summed E-state index contributed by atoms with van der Waals surface area (Å²) in [5, 5.41) is 20.0. The molecule has 1 aliphatic heterocycles. The zero-order valence-electron chi connectivity index (χ0n) is 9.79. The lowest BCUT2D eigenvalue weighted by atomic mass is 10.2. The van der Waals surface area contributed by atoms with Crippen molar-refractivity contribution < 1.29 is 19.5 Å². The number of nitrogens with zero attached hydrogens (tertiary/aromatic N) is 3. The van der Waals surface area contributed by atoms with E-state index in [-0.39, 0.29) is 19.6 Å². The lowest BCUT2D eigenvalue weighted by Gasteiger charge is -2.32. The summed E-state index contributed by atoms with van der Waals surface area (Å²) in [5.74, 6) is -1.14. The quantitative estimate of drug-likeness (QED) is 0.495. The van der Waals surface area contributed by atoms with E-state index < -0.39 is 23.9 Å². The number of hydrogen-bond donors (Lipinski definition) is 4. The van der Waals surface area contributed by atoms with Crippen molar-refractivity contribution in [3.63, 3.8) is 0 Å². The maximum atomic E-state index is 11.9. The van der Waals surface area contributed by atoms with Gasteiger partial charge in [0.25, 0.3) is 0 Å². The van der Waals surface area contributed by atoms with E-state index in [0.717, 1.165) is 4.90 Å². The largest absolute Gasteiger partial charge is 0.480 e. The Morgan fingerprint density at radius 3 is 3.00 bits per heavy atom. The van der Waals surface area contributed by atoms with Crippen molar-refractivity contribution in [1.29, 1.82) is 0 Å². The highest BCUT2D eigenvalue weighted by Crippen LogP contribution is 2.05. The molecular weight excluding hydrogens is 256 g/mol. The number of aromatic nitrogens is 3. The number of rotatable bonds is 3. The molecule has 0 aliphatic carbocycles. The Morgan fingerprint density at radius 1 is 1.58 bits per heavy atom. The Labute approximate surface area is 107 Å². The van der Waals surface area contributed by atoms with Crippen molar-refractivity contribution in [2.45, 2.75) is 12.6 Å². The summed E-state index contributed by atoms with van der Waals surface area (Å²) in [6.45, 7) is -0.327. The molecule has 0 spiro atoms. The second kappa shape index (κ2) is 5.33. The van der Waals surface area contributed by atoms with E-state index in [1.807, 2.05) is 0 Å². The van der Waals surface area contributed by atoms with Crippen molar-refractivity contribution >= 4 is 17.9 Å². The van der Waals surface area contributed by atoms with Gasteiger partial charge in [0.2, 0.25) is 5.91 Å². The van der Waals surface area contributed by atoms with Crippen LogP contribution in [0.3, 0.4) is 0 Å². The third kappa shape index (κ3) is 2.97. The number of hydrogen-bond acceptors (Lipinski definition) is 5. The molecule has 0 radical (unpaired) electrons. The number of carbonyl (C=O) groups is 3. The van der Waals surface area contributed by atoms with Gasteiger partial charge in [-0.3, -0.25) is 14.8 Å². The van der Waals surface area contributed by atoms with E-state index in [0.29, 0.717) is 5.82 Å². The highest BCUT2D eigenvalue weighted by atomic mass is 16.4. The molecule has 0 aromatic carbocycles. The van der Waals surface area contributed by atoms with Crippen molar-refractivity contribution in [3.8, 4) is 0 Å². The van der Waals surface area contributed by atoms with E-state index in [1.54, 1.807) is 0 Å². The van der Waals surface area contributed by atoms with Gasteiger partial charge >= 0.3 is 12.0 Å². The Balaban J connectivity index is 1.98. The maximum Gasteiger partial charge on any atom is 0.328 e. The number of H-pyrrole nitrogens is 1. The smallest absolute Gasteiger partial charge is 0.328 e. The zero-order valence-corrected chi connectivity index (χ0v) is 9.79. The second-order valence-electron chi connectivity index (χ2n) is 3.88. The van der Waals surface area contributed by atoms with Crippen LogP contribution in [0.25, 0.3) is 0 Å². The van der Waals surface area contributed by atoms with Crippen LogP contribution in [0, 0.1) is 0 Å². The third-order valence-corrected chi connectivity index (χ3v) is 2.60. The van der Waals surface area contributed by atoms with Crippen LogP contribution in [-0.4, -0.2) is 62.2 Å². The summed E-state index contributed by atoms with van der Waals surface area (Å²) in [6, 6.07) is -1.72. The molecule has 1 atom stereocenters. The van der Waals surface area contributed by atoms with E-state index >= 15 is 0 Å². The van der Waals surface area contributed by atoms with Crippen LogP contribution in [-0.2, 0) is 16.1 Å². The van der Waals surface area contributed by atoms with E-state index in [2.05, 4.69) is 25.8 Å². The number of piperazine rings is 1. The number of aromatic amines is 1. The van der Waals surface area contributed by atoms with Gasteiger partial charge in [-0.05, 0) is 0 Å². The Kier molecular flexibility index (Phi) is 3.59. The number of urea groups is 1. The number of nitrogens with one attached hydrogen (secondary N) is 3. The molecule has 1 unspecified atom stereocenters. The minimum absolute atomic E-state index is 0.0727. The molecule has 0 bridgehead atoms. The highest BCUT2D eigenvalue weighted by Gasteiger charge is 2.35. The van der Waals surface area contributed by atoms with Crippen LogP contribution >= 0.6 is 0 Å². The first-order valence-electron chi connectivity index (χ1n) is 5.46. The lowest BCUT2D eigenvalue weighted by Crippen LogP contribution is -2.61. The third-order valence-electron chi connectivity index (χ3n) is 2.60. The molecule has 10 nitrogen and oxygen atoms in total. The molecule has 10 heteroatoms. The fraction of sp³-hybridized carbons (Fsp3) is 0.444. The van der Waals surface area contributed by atoms with Gasteiger partial charge < -0.3 is 15.7 Å². The van der Waals surface area contributed by atoms with Crippen LogP contribution in [0.1, 0.15) is 5.82 Å². The summed E-state index contributed by atoms with van der Waals surface area (Å²) in [6.07, 6.45) is 1.29.